The molecule has 6 nitrogen and oxygen atoms in total. The first-order valence-corrected chi connectivity index (χ1v) is 8.54. The zero-order valence-electron chi connectivity index (χ0n) is 14.4. The maximum Gasteiger partial charge on any atom is 0.516 e. The first-order chi connectivity index (χ1) is 12.7. The molecule has 1 saturated heterocycles. The number of nitrogens with one attached hydrogen (secondary N) is 1. The van der Waals surface area contributed by atoms with Crippen LogP contribution in [-0.2, 0) is 32.2 Å². The zero-order valence-corrected chi connectivity index (χ0v) is 14.4. The van der Waals surface area contributed by atoms with Crippen LogP contribution in [0.1, 0.15) is 24.0 Å². The Balaban J connectivity index is 1.55. The zero-order chi connectivity index (χ0) is 18.2. The minimum atomic E-state index is -1.32. The number of carbonyl (C=O) groups excluding carboxylic acids is 2. The normalized spacial score (nSPS) is 19.1. The van der Waals surface area contributed by atoms with E-state index in [4.69, 9.17) is 14.2 Å². The molecule has 0 unspecified atom stereocenters. The van der Waals surface area contributed by atoms with E-state index in [1.54, 1.807) is 0 Å². The van der Waals surface area contributed by atoms with Crippen LogP contribution in [0.5, 0.6) is 0 Å². The third-order valence-corrected chi connectivity index (χ3v) is 4.15. The van der Waals surface area contributed by atoms with Crippen molar-refractivity contribution in [1.29, 1.82) is 0 Å². The van der Waals surface area contributed by atoms with Crippen molar-refractivity contribution in [1.82, 2.24) is 5.32 Å². The fraction of sp³-hybridized carbons (Fsp3) is 0.300. The Hall–Kier alpha value is -2.70. The van der Waals surface area contributed by atoms with Gasteiger partial charge >= 0.3 is 12.1 Å². The Morgan fingerprint density at radius 2 is 1.54 bits per heavy atom. The van der Waals surface area contributed by atoms with Gasteiger partial charge in [-0.25, -0.2) is 9.59 Å². The van der Waals surface area contributed by atoms with Gasteiger partial charge in [-0.15, -0.1) is 0 Å². The van der Waals surface area contributed by atoms with Gasteiger partial charge in [-0.3, -0.25) is 5.32 Å². The average molecular weight is 355 g/mol. The van der Waals surface area contributed by atoms with Crippen LogP contribution in [0, 0.1) is 0 Å². The standard InChI is InChI=1S/C20H21NO5/c22-18(26-19(23)24-14-16-8-3-1-4-9-16)20(12-7-13-21-20)25-15-17-10-5-2-6-11-17/h1-6,8-11,21H,7,12-15H2/t20-/m1/s1. The molecule has 0 aromatic heterocycles. The molecule has 0 amide bonds. The van der Waals surface area contributed by atoms with Gasteiger partial charge in [-0.05, 0) is 24.1 Å². The van der Waals surface area contributed by atoms with Gasteiger partial charge < -0.3 is 14.2 Å². The first-order valence-electron chi connectivity index (χ1n) is 8.54. The van der Waals surface area contributed by atoms with Gasteiger partial charge in [0.25, 0.3) is 0 Å². The highest BCUT2D eigenvalue weighted by atomic mass is 16.7. The van der Waals surface area contributed by atoms with Crippen LogP contribution >= 0.6 is 0 Å². The molecule has 1 atom stereocenters. The number of hydrogen-bond donors (Lipinski definition) is 1. The van der Waals surface area contributed by atoms with Gasteiger partial charge in [0.05, 0.1) is 6.61 Å². The van der Waals surface area contributed by atoms with Crippen molar-refractivity contribution in [2.24, 2.45) is 0 Å². The fourth-order valence-corrected chi connectivity index (χ4v) is 2.76. The summed E-state index contributed by atoms with van der Waals surface area (Å²) in [6.45, 7) is 0.892. The predicted molar refractivity (Wildman–Crippen MR) is 93.9 cm³/mol. The molecule has 0 radical (unpaired) electrons. The van der Waals surface area contributed by atoms with Crippen molar-refractivity contribution in [3.8, 4) is 0 Å². The molecule has 2 aromatic rings. The lowest BCUT2D eigenvalue weighted by atomic mass is 10.1. The summed E-state index contributed by atoms with van der Waals surface area (Å²) >= 11 is 0. The summed E-state index contributed by atoms with van der Waals surface area (Å²) in [6.07, 6.45) is 0.156. The largest absolute Gasteiger partial charge is 0.516 e. The van der Waals surface area contributed by atoms with Gasteiger partial charge in [0.15, 0.2) is 0 Å². The molecule has 1 heterocycles. The van der Waals surface area contributed by atoms with Crippen molar-refractivity contribution < 1.29 is 23.8 Å². The van der Waals surface area contributed by atoms with E-state index < -0.39 is 17.8 Å². The predicted octanol–water partition coefficient (Wildman–Crippen LogP) is 3.16. The van der Waals surface area contributed by atoms with Gasteiger partial charge in [-0.1, -0.05) is 60.7 Å². The number of benzene rings is 2. The van der Waals surface area contributed by atoms with Crippen molar-refractivity contribution in [2.45, 2.75) is 31.8 Å². The van der Waals surface area contributed by atoms with E-state index in [0.717, 1.165) is 17.5 Å². The summed E-state index contributed by atoms with van der Waals surface area (Å²) < 4.78 is 15.7. The van der Waals surface area contributed by atoms with Crippen LogP contribution in [-0.4, -0.2) is 24.4 Å². The molecule has 1 fully saturated rings. The van der Waals surface area contributed by atoms with Crippen LogP contribution in [0.15, 0.2) is 60.7 Å². The van der Waals surface area contributed by atoms with E-state index in [1.165, 1.54) is 0 Å². The number of hydrogen-bond acceptors (Lipinski definition) is 6. The molecule has 3 rings (SSSR count). The Morgan fingerprint density at radius 1 is 0.923 bits per heavy atom. The van der Waals surface area contributed by atoms with Gasteiger partial charge in [0.1, 0.15) is 6.61 Å². The Bertz CT molecular complexity index is 726. The van der Waals surface area contributed by atoms with Crippen molar-refractivity contribution in [3.63, 3.8) is 0 Å². The molecule has 1 aliphatic heterocycles. The van der Waals surface area contributed by atoms with Crippen LogP contribution in [0.3, 0.4) is 0 Å². The topological polar surface area (TPSA) is 73.9 Å². The maximum absolute atomic E-state index is 12.5. The van der Waals surface area contributed by atoms with Crippen molar-refractivity contribution in [2.75, 3.05) is 6.54 Å². The van der Waals surface area contributed by atoms with Gasteiger partial charge in [-0.2, -0.15) is 0 Å². The van der Waals surface area contributed by atoms with E-state index >= 15 is 0 Å². The summed E-state index contributed by atoms with van der Waals surface area (Å²) in [5, 5.41) is 3.01. The van der Waals surface area contributed by atoms with Crippen LogP contribution in [0.4, 0.5) is 4.79 Å². The van der Waals surface area contributed by atoms with Crippen LogP contribution in [0.25, 0.3) is 0 Å². The second-order valence-electron chi connectivity index (χ2n) is 6.05. The molecule has 0 bridgehead atoms. The lowest BCUT2D eigenvalue weighted by molar-refractivity contribution is -0.173. The van der Waals surface area contributed by atoms with Crippen molar-refractivity contribution >= 4 is 12.1 Å². The molecule has 2 aromatic carbocycles. The molecular formula is C20H21NO5. The molecule has 136 valence electrons. The molecule has 1 N–H and O–H groups in total. The molecule has 26 heavy (non-hydrogen) atoms. The molecule has 1 aliphatic rings. The highest BCUT2D eigenvalue weighted by Crippen LogP contribution is 2.24. The quantitative estimate of drug-likeness (QED) is 0.634. The van der Waals surface area contributed by atoms with Crippen molar-refractivity contribution in [3.05, 3.63) is 71.8 Å². The van der Waals surface area contributed by atoms with E-state index in [-0.39, 0.29) is 13.2 Å². The number of rotatable bonds is 6. The van der Waals surface area contributed by atoms with Crippen LogP contribution < -0.4 is 5.32 Å². The van der Waals surface area contributed by atoms with E-state index in [0.29, 0.717) is 13.0 Å². The number of esters is 1. The lowest BCUT2D eigenvalue weighted by Crippen LogP contribution is -2.51. The average Bonchev–Trinajstić information content (AvgIpc) is 3.17. The monoisotopic (exact) mass is 355 g/mol. The molecule has 0 saturated carbocycles. The summed E-state index contributed by atoms with van der Waals surface area (Å²) in [4.78, 5) is 24.4. The third kappa shape index (κ3) is 4.68. The molecule has 6 heteroatoms. The highest BCUT2D eigenvalue weighted by Gasteiger charge is 2.45. The third-order valence-electron chi connectivity index (χ3n) is 4.15. The minimum absolute atomic E-state index is 0.0399. The second-order valence-corrected chi connectivity index (χ2v) is 6.05. The van der Waals surface area contributed by atoms with Crippen LogP contribution in [0.2, 0.25) is 0 Å². The van der Waals surface area contributed by atoms with E-state index in [2.05, 4.69) is 5.32 Å². The van der Waals surface area contributed by atoms with E-state index in [1.807, 2.05) is 60.7 Å². The summed E-state index contributed by atoms with van der Waals surface area (Å²) in [5.74, 6) is -0.774. The summed E-state index contributed by atoms with van der Waals surface area (Å²) in [6, 6.07) is 18.7. The first kappa shape index (κ1) is 18.1. The molecular weight excluding hydrogens is 334 g/mol. The molecule has 0 aliphatic carbocycles. The number of carbonyl (C=O) groups is 2. The van der Waals surface area contributed by atoms with E-state index in [9.17, 15) is 9.59 Å². The minimum Gasteiger partial charge on any atom is -0.429 e. The van der Waals surface area contributed by atoms with Gasteiger partial charge in [0, 0.05) is 6.42 Å². The maximum atomic E-state index is 12.5. The lowest BCUT2D eigenvalue weighted by Gasteiger charge is -2.26. The SMILES string of the molecule is O=C(OCc1ccccc1)OC(=O)[C@]1(OCc2ccccc2)CCCN1. The highest BCUT2D eigenvalue weighted by molar-refractivity contribution is 5.88. The Kier molecular flexibility index (Phi) is 5.99. The number of ether oxygens (including phenoxy) is 3. The summed E-state index contributed by atoms with van der Waals surface area (Å²) in [5.41, 5.74) is 0.424. The smallest absolute Gasteiger partial charge is 0.429 e. The summed E-state index contributed by atoms with van der Waals surface area (Å²) in [7, 11) is 0. The molecule has 0 spiro atoms. The second kappa shape index (κ2) is 8.60. The van der Waals surface area contributed by atoms with Gasteiger partial charge in [0.2, 0.25) is 5.72 Å². The fourth-order valence-electron chi connectivity index (χ4n) is 2.76. The Labute approximate surface area is 152 Å². The Morgan fingerprint density at radius 3 is 2.12 bits per heavy atom.